The fourth-order valence-corrected chi connectivity index (χ4v) is 3.51. The Morgan fingerprint density at radius 1 is 1.36 bits per heavy atom. The highest BCUT2D eigenvalue weighted by Crippen LogP contribution is 2.23. The third-order valence-electron chi connectivity index (χ3n) is 4.42. The molecule has 8 heteroatoms. The first-order valence-corrected chi connectivity index (χ1v) is 8.48. The van der Waals surface area contributed by atoms with Gasteiger partial charge in [-0.25, -0.2) is 9.97 Å². The van der Waals surface area contributed by atoms with Crippen LogP contribution in [0.4, 0.5) is 0 Å². The van der Waals surface area contributed by atoms with Gasteiger partial charge in [0.15, 0.2) is 0 Å². The van der Waals surface area contributed by atoms with E-state index in [1.807, 2.05) is 31.5 Å². The molecule has 0 bridgehead atoms. The zero-order chi connectivity index (χ0) is 17.6. The molecule has 0 aliphatic carbocycles. The summed E-state index contributed by atoms with van der Waals surface area (Å²) in [4.78, 5) is 25.6. The SMILES string of the molecule is CN(C)C[C@@H]1CN(C(=O)c2cn3cc(Cl)ccc3n2)Cc2cncn21. The molecular formula is C17H19ClN6O. The van der Waals surface area contributed by atoms with Gasteiger partial charge in [0, 0.05) is 31.7 Å². The van der Waals surface area contributed by atoms with Crippen molar-refractivity contribution in [3.05, 3.63) is 53.5 Å². The number of carbonyl (C=O) groups is 1. The molecule has 4 heterocycles. The molecule has 0 fully saturated rings. The lowest BCUT2D eigenvalue weighted by Crippen LogP contribution is -2.43. The molecule has 0 radical (unpaired) electrons. The number of fused-ring (bicyclic) bond motifs is 2. The molecule has 4 rings (SSSR count). The van der Waals surface area contributed by atoms with E-state index in [9.17, 15) is 4.79 Å². The molecule has 3 aromatic heterocycles. The van der Waals surface area contributed by atoms with E-state index in [-0.39, 0.29) is 11.9 Å². The second-order valence-electron chi connectivity index (χ2n) is 6.63. The normalized spacial score (nSPS) is 17.3. The molecule has 3 aromatic rings. The van der Waals surface area contributed by atoms with Crippen LogP contribution in [0.2, 0.25) is 5.02 Å². The summed E-state index contributed by atoms with van der Waals surface area (Å²) >= 11 is 6.01. The molecule has 0 saturated heterocycles. The van der Waals surface area contributed by atoms with E-state index in [4.69, 9.17) is 11.6 Å². The smallest absolute Gasteiger partial charge is 0.274 e. The summed E-state index contributed by atoms with van der Waals surface area (Å²) in [5.41, 5.74) is 2.18. The summed E-state index contributed by atoms with van der Waals surface area (Å²) in [7, 11) is 4.06. The van der Waals surface area contributed by atoms with Crippen LogP contribution >= 0.6 is 11.6 Å². The van der Waals surface area contributed by atoms with E-state index in [1.54, 1.807) is 28.9 Å². The Labute approximate surface area is 150 Å². The molecule has 0 N–H and O–H groups in total. The summed E-state index contributed by atoms with van der Waals surface area (Å²) < 4.78 is 3.94. The van der Waals surface area contributed by atoms with Crippen LogP contribution in [0.1, 0.15) is 22.2 Å². The predicted molar refractivity (Wildman–Crippen MR) is 94.8 cm³/mol. The van der Waals surface area contributed by atoms with Gasteiger partial charge in [0.05, 0.1) is 29.6 Å². The van der Waals surface area contributed by atoms with Crippen LogP contribution in [0.15, 0.2) is 37.1 Å². The molecule has 7 nitrogen and oxygen atoms in total. The van der Waals surface area contributed by atoms with Crippen LogP contribution in [0.25, 0.3) is 5.65 Å². The van der Waals surface area contributed by atoms with Crippen molar-refractivity contribution in [3.8, 4) is 0 Å². The van der Waals surface area contributed by atoms with Crippen molar-refractivity contribution in [2.45, 2.75) is 12.6 Å². The third-order valence-corrected chi connectivity index (χ3v) is 4.64. The monoisotopic (exact) mass is 358 g/mol. The van der Waals surface area contributed by atoms with E-state index < -0.39 is 0 Å². The zero-order valence-corrected chi connectivity index (χ0v) is 14.9. The highest BCUT2D eigenvalue weighted by molar-refractivity contribution is 6.30. The van der Waals surface area contributed by atoms with E-state index >= 15 is 0 Å². The van der Waals surface area contributed by atoms with Crippen molar-refractivity contribution in [1.29, 1.82) is 0 Å². The maximum absolute atomic E-state index is 13.0. The largest absolute Gasteiger partial charge is 0.329 e. The van der Waals surface area contributed by atoms with Gasteiger partial charge in [0.25, 0.3) is 5.91 Å². The van der Waals surface area contributed by atoms with Crippen LogP contribution in [-0.2, 0) is 6.54 Å². The first-order valence-electron chi connectivity index (χ1n) is 8.10. The first kappa shape index (κ1) is 16.1. The van der Waals surface area contributed by atoms with Gasteiger partial charge in [0.2, 0.25) is 0 Å². The average Bonchev–Trinajstić information content (AvgIpc) is 3.19. The van der Waals surface area contributed by atoms with Gasteiger partial charge in [-0.3, -0.25) is 4.79 Å². The number of nitrogens with zero attached hydrogens (tertiary/aromatic N) is 6. The number of aromatic nitrogens is 4. The fraction of sp³-hybridized carbons (Fsp3) is 0.353. The number of halogens is 1. The lowest BCUT2D eigenvalue weighted by Gasteiger charge is -2.35. The van der Waals surface area contributed by atoms with Gasteiger partial charge in [0.1, 0.15) is 11.3 Å². The van der Waals surface area contributed by atoms with Crippen molar-refractivity contribution < 1.29 is 4.79 Å². The van der Waals surface area contributed by atoms with Crippen LogP contribution in [0.5, 0.6) is 0 Å². The maximum Gasteiger partial charge on any atom is 0.274 e. The Hall–Kier alpha value is -2.38. The molecule has 1 atom stereocenters. The molecule has 1 amide bonds. The van der Waals surface area contributed by atoms with E-state index in [2.05, 4.69) is 19.4 Å². The summed E-state index contributed by atoms with van der Waals surface area (Å²) in [6, 6.07) is 3.75. The molecule has 0 unspecified atom stereocenters. The zero-order valence-electron chi connectivity index (χ0n) is 14.1. The number of imidazole rings is 2. The molecule has 25 heavy (non-hydrogen) atoms. The van der Waals surface area contributed by atoms with Crippen molar-refractivity contribution >= 4 is 23.2 Å². The minimum Gasteiger partial charge on any atom is -0.329 e. The number of hydrogen-bond donors (Lipinski definition) is 0. The standard InChI is InChI=1S/C17H19ClN6O/c1-21(2)7-14-9-23(8-13-5-19-11-24(13)14)17(25)15-10-22-6-12(18)3-4-16(22)20-15/h3-6,10-11,14H,7-9H2,1-2H3/t14-/m1/s1. The number of hydrogen-bond acceptors (Lipinski definition) is 4. The highest BCUT2D eigenvalue weighted by Gasteiger charge is 2.29. The second-order valence-corrected chi connectivity index (χ2v) is 7.07. The molecular weight excluding hydrogens is 340 g/mol. The molecule has 0 spiro atoms. The lowest BCUT2D eigenvalue weighted by molar-refractivity contribution is 0.0658. The number of carbonyl (C=O) groups excluding carboxylic acids is 1. The van der Waals surface area contributed by atoms with Crippen LogP contribution in [0, 0.1) is 0 Å². The maximum atomic E-state index is 13.0. The van der Waals surface area contributed by atoms with Gasteiger partial charge in [-0.2, -0.15) is 0 Å². The van der Waals surface area contributed by atoms with Crippen molar-refractivity contribution in [1.82, 2.24) is 28.7 Å². The van der Waals surface area contributed by atoms with Crippen LogP contribution in [-0.4, -0.2) is 61.8 Å². The van der Waals surface area contributed by atoms with Gasteiger partial charge < -0.3 is 18.8 Å². The van der Waals surface area contributed by atoms with Crippen molar-refractivity contribution in [3.63, 3.8) is 0 Å². The number of pyridine rings is 1. The minimum atomic E-state index is -0.0731. The summed E-state index contributed by atoms with van der Waals surface area (Å²) in [6.45, 7) is 2.01. The Morgan fingerprint density at radius 3 is 3.00 bits per heavy atom. The molecule has 1 aliphatic heterocycles. The average molecular weight is 359 g/mol. The highest BCUT2D eigenvalue weighted by atomic mass is 35.5. The van der Waals surface area contributed by atoms with Gasteiger partial charge in [-0.15, -0.1) is 0 Å². The van der Waals surface area contributed by atoms with Gasteiger partial charge >= 0.3 is 0 Å². The second kappa shape index (κ2) is 6.16. The van der Waals surface area contributed by atoms with E-state index in [0.29, 0.717) is 29.5 Å². The number of likely N-dealkylation sites (N-methyl/N-ethyl adjacent to an activating group) is 1. The predicted octanol–water partition coefficient (Wildman–Crippen LogP) is 1.94. The summed E-state index contributed by atoms with van der Waals surface area (Å²) in [6.07, 6.45) is 7.15. The third kappa shape index (κ3) is 3.01. The van der Waals surface area contributed by atoms with Gasteiger partial charge in [-0.1, -0.05) is 11.6 Å². The number of amides is 1. The van der Waals surface area contributed by atoms with Gasteiger partial charge in [-0.05, 0) is 26.2 Å². The molecule has 0 saturated carbocycles. The van der Waals surface area contributed by atoms with Crippen molar-refractivity contribution in [2.24, 2.45) is 0 Å². The fourth-order valence-electron chi connectivity index (χ4n) is 3.34. The lowest BCUT2D eigenvalue weighted by atomic mass is 10.1. The minimum absolute atomic E-state index is 0.0731. The van der Waals surface area contributed by atoms with E-state index in [1.165, 1.54) is 0 Å². The Balaban J connectivity index is 1.63. The quantitative estimate of drug-likeness (QED) is 0.718. The van der Waals surface area contributed by atoms with Crippen LogP contribution < -0.4 is 0 Å². The Morgan fingerprint density at radius 2 is 2.20 bits per heavy atom. The Kier molecular flexibility index (Phi) is 3.97. The topological polar surface area (TPSA) is 58.7 Å². The molecule has 0 aromatic carbocycles. The summed E-state index contributed by atoms with van der Waals surface area (Å²) in [5, 5.41) is 0.608. The summed E-state index contributed by atoms with van der Waals surface area (Å²) in [5.74, 6) is -0.0731. The van der Waals surface area contributed by atoms with Crippen molar-refractivity contribution in [2.75, 3.05) is 27.2 Å². The molecule has 1 aliphatic rings. The first-order chi connectivity index (χ1) is 12.0. The molecule has 130 valence electrons. The van der Waals surface area contributed by atoms with Crippen LogP contribution in [0.3, 0.4) is 0 Å². The number of rotatable bonds is 3. The van der Waals surface area contributed by atoms with E-state index in [0.717, 1.165) is 12.2 Å². The Bertz CT molecular complexity index is 930.